The number of aromatic nitrogens is 4. The van der Waals surface area contributed by atoms with Gasteiger partial charge in [0.2, 0.25) is 5.89 Å². The summed E-state index contributed by atoms with van der Waals surface area (Å²) in [5.74, 6) is 0.512. The van der Waals surface area contributed by atoms with Crippen LogP contribution in [0.15, 0.2) is 66.1 Å². The van der Waals surface area contributed by atoms with Crippen molar-refractivity contribution < 1.29 is 9.21 Å². The summed E-state index contributed by atoms with van der Waals surface area (Å²) in [7, 11) is 0. The molecule has 35 heavy (non-hydrogen) atoms. The number of nitrogens with two attached hydrogens (primary N) is 1. The minimum absolute atomic E-state index is 0.0964. The number of aryl methyl sites for hydroxylation is 1. The highest BCUT2D eigenvalue weighted by molar-refractivity contribution is 5.98. The van der Waals surface area contributed by atoms with Crippen LogP contribution in [0.5, 0.6) is 0 Å². The third-order valence-electron chi connectivity index (χ3n) is 5.15. The lowest BCUT2D eigenvalue weighted by molar-refractivity contribution is 0.0996. The fourth-order valence-corrected chi connectivity index (χ4v) is 3.26. The summed E-state index contributed by atoms with van der Waals surface area (Å²) in [6.45, 7) is 13.3. The van der Waals surface area contributed by atoms with Crippen molar-refractivity contribution in [2.45, 2.75) is 27.7 Å². The first kappa shape index (κ1) is 23.7. The molecule has 0 saturated carbocycles. The lowest BCUT2D eigenvalue weighted by Gasteiger charge is -2.19. The standard InChI is InChI=1S/C26H29N7O2/c1-16-6-8-19(9-7-16)33-13-20(23(32-33)24(27)34)30-17(2)21-14-35-25(31-21)18-10-11-28-22(12-18)29-15-26(3,4)5/h6-14,30H,2,15H2,1,3-5H3,(H2,27,34)(H,28,29). The first-order valence-corrected chi connectivity index (χ1v) is 11.2. The van der Waals surface area contributed by atoms with E-state index >= 15 is 0 Å². The van der Waals surface area contributed by atoms with E-state index in [1.54, 1.807) is 17.1 Å². The molecule has 0 saturated heterocycles. The van der Waals surface area contributed by atoms with E-state index in [1.807, 2.05) is 43.3 Å². The molecule has 0 bridgehead atoms. The zero-order valence-electron chi connectivity index (χ0n) is 20.3. The summed E-state index contributed by atoms with van der Waals surface area (Å²) in [6, 6.07) is 11.5. The number of nitrogens with one attached hydrogen (secondary N) is 2. The van der Waals surface area contributed by atoms with Gasteiger partial charge in [0.1, 0.15) is 17.8 Å². The second kappa shape index (κ2) is 9.46. The van der Waals surface area contributed by atoms with Crippen molar-refractivity contribution in [2.75, 3.05) is 17.2 Å². The molecule has 1 aromatic carbocycles. The Morgan fingerprint density at radius 3 is 2.63 bits per heavy atom. The van der Waals surface area contributed by atoms with Crippen LogP contribution in [-0.4, -0.2) is 32.2 Å². The first-order chi connectivity index (χ1) is 16.6. The highest BCUT2D eigenvalue weighted by atomic mass is 16.3. The Morgan fingerprint density at radius 2 is 1.94 bits per heavy atom. The zero-order chi connectivity index (χ0) is 25.2. The number of carbonyl (C=O) groups excluding carboxylic acids is 1. The van der Waals surface area contributed by atoms with Crippen LogP contribution < -0.4 is 16.4 Å². The molecular formula is C26H29N7O2. The molecular weight excluding hydrogens is 442 g/mol. The van der Waals surface area contributed by atoms with Gasteiger partial charge in [-0.15, -0.1) is 0 Å². The summed E-state index contributed by atoms with van der Waals surface area (Å²) < 4.78 is 7.28. The highest BCUT2D eigenvalue weighted by Crippen LogP contribution is 2.26. The average Bonchev–Trinajstić information content (AvgIpc) is 3.46. The lowest BCUT2D eigenvalue weighted by atomic mass is 9.97. The first-order valence-electron chi connectivity index (χ1n) is 11.2. The summed E-state index contributed by atoms with van der Waals surface area (Å²) in [6.07, 6.45) is 4.89. The smallest absolute Gasteiger partial charge is 0.271 e. The van der Waals surface area contributed by atoms with Crippen LogP contribution in [0.3, 0.4) is 0 Å². The van der Waals surface area contributed by atoms with Gasteiger partial charge in [-0.05, 0) is 36.6 Å². The number of pyridine rings is 1. The van der Waals surface area contributed by atoms with Crippen LogP contribution in [0.25, 0.3) is 22.8 Å². The summed E-state index contributed by atoms with van der Waals surface area (Å²) in [4.78, 5) is 20.9. The third-order valence-corrected chi connectivity index (χ3v) is 5.15. The number of amides is 1. The van der Waals surface area contributed by atoms with Gasteiger partial charge < -0.3 is 20.8 Å². The molecule has 3 heterocycles. The van der Waals surface area contributed by atoms with Gasteiger partial charge in [-0.1, -0.05) is 45.0 Å². The number of rotatable bonds is 8. The maximum atomic E-state index is 12.0. The summed E-state index contributed by atoms with van der Waals surface area (Å²) in [5.41, 5.74) is 9.82. The molecule has 4 rings (SSSR count). The Hall–Kier alpha value is -4.40. The molecule has 0 aliphatic rings. The van der Waals surface area contributed by atoms with Crippen molar-refractivity contribution in [1.29, 1.82) is 0 Å². The van der Waals surface area contributed by atoms with Crippen LogP contribution in [0.1, 0.15) is 42.5 Å². The molecule has 4 aromatic rings. The fraction of sp³-hybridized carbons (Fsp3) is 0.231. The predicted octanol–water partition coefficient (Wildman–Crippen LogP) is 4.87. The number of hydrogen-bond acceptors (Lipinski definition) is 7. The molecule has 0 radical (unpaired) electrons. The SMILES string of the molecule is C=C(Nc1cn(-c2ccc(C)cc2)nc1C(N)=O)c1coc(-c2ccnc(NCC(C)(C)C)c2)n1. The number of oxazole rings is 1. The lowest BCUT2D eigenvalue weighted by Crippen LogP contribution is -2.19. The van der Waals surface area contributed by atoms with Crippen LogP contribution >= 0.6 is 0 Å². The molecule has 9 heteroatoms. The van der Waals surface area contributed by atoms with E-state index in [1.165, 1.54) is 6.26 Å². The van der Waals surface area contributed by atoms with E-state index < -0.39 is 5.91 Å². The maximum Gasteiger partial charge on any atom is 0.271 e. The second-order valence-corrected chi connectivity index (χ2v) is 9.52. The zero-order valence-corrected chi connectivity index (χ0v) is 20.3. The molecule has 1 amide bonds. The largest absolute Gasteiger partial charge is 0.444 e. The molecule has 0 fully saturated rings. The van der Waals surface area contributed by atoms with Gasteiger partial charge in [-0.2, -0.15) is 5.10 Å². The van der Waals surface area contributed by atoms with Gasteiger partial charge >= 0.3 is 0 Å². The van der Waals surface area contributed by atoms with Gasteiger partial charge in [0, 0.05) is 18.3 Å². The number of carbonyl (C=O) groups is 1. The van der Waals surface area contributed by atoms with Crippen molar-refractivity contribution in [3.8, 4) is 17.1 Å². The molecule has 9 nitrogen and oxygen atoms in total. The number of hydrogen-bond donors (Lipinski definition) is 3. The van der Waals surface area contributed by atoms with Gasteiger partial charge in [0.05, 0.1) is 23.3 Å². The number of nitrogens with zero attached hydrogens (tertiary/aromatic N) is 4. The maximum absolute atomic E-state index is 12.0. The van der Waals surface area contributed by atoms with Crippen molar-refractivity contribution in [1.82, 2.24) is 19.7 Å². The number of benzene rings is 1. The molecule has 0 aliphatic heterocycles. The Bertz CT molecular complexity index is 1360. The Labute approximate surface area is 204 Å². The van der Waals surface area contributed by atoms with Crippen LogP contribution in [0, 0.1) is 12.3 Å². The van der Waals surface area contributed by atoms with E-state index in [-0.39, 0.29) is 11.1 Å². The van der Waals surface area contributed by atoms with Crippen molar-refractivity contribution in [3.63, 3.8) is 0 Å². The van der Waals surface area contributed by atoms with E-state index in [9.17, 15) is 4.79 Å². The Balaban J connectivity index is 1.53. The minimum atomic E-state index is -0.654. The van der Waals surface area contributed by atoms with Gasteiger partial charge in [0.25, 0.3) is 5.91 Å². The number of primary amides is 1. The van der Waals surface area contributed by atoms with Crippen LogP contribution in [0.4, 0.5) is 11.5 Å². The molecule has 0 atom stereocenters. The molecule has 0 aliphatic carbocycles. The molecule has 4 N–H and O–H groups in total. The molecule has 0 unspecified atom stereocenters. The van der Waals surface area contributed by atoms with E-state index in [0.717, 1.165) is 29.2 Å². The molecule has 180 valence electrons. The Morgan fingerprint density at radius 1 is 1.20 bits per heavy atom. The van der Waals surface area contributed by atoms with Gasteiger partial charge in [0.15, 0.2) is 5.69 Å². The van der Waals surface area contributed by atoms with Crippen LogP contribution in [0.2, 0.25) is 0 Å². The summed E-state index contributed by atoms with van der Waals surface area (Å²) in [5, 5.41) is 10.8. The fourth-order valence-electron chi connectivity index (χ4n) is 3.26. The Kier molecular flexibility index (Phi) is 6.42. The second-order valence-electron chi connectivity index (χ2n) is 9.52. The third kappa shape index (κ3) is 5.75. The molecule has 0 spiro atoms. The van der Waals surface area contributed by atoms with E-state index in [0.29, 0.717) is 23.0 Å². The van der Waals surface area contributed by atoms with E-state index in [4.69, 9.17) is 10.2 Å². The normalized spacial score (nSPS) is 11.3. The van der Waals surface area contributed by atoms with E-state index in [2.05, 4.69) is 53.1 Å². The highest BCUT2D eigenvalue weighted by Gasteiger charge is 2.18. The average molecular weight is 472 g/mol. The topological polar surface area (TPSA) is 124 Å². The van der Waals surface area contributed by atoms with Crippen molar-refractivity contribution in [2.24, 2.45) is 11.1 Å². The van der Waals surface area contributed by atoms with Crippen molar-refractivity contribution in [3.05, 3.63) is 78.6 Å². The quantitative estimate of drug-likeness (QED) is 0.335. The molecule has 3 aromatic heterocycles. The van der Waals surface area contributed by atoms with Gasteiger partial charge in [-0.3, -0.25) is 4.79 Å². The summed E-state index contributed by atoms with van der Waals surface area (Å²) >= 11 is 0. The monoisotopic (exact) mass is 471 g/mol. The van der Waals surface area contributed by atoms with Crippen molar-refractivity contribution >= 4 is 23.1 Å². The number of anilines is 2. The van der Waals surface area contributed by atoms with Gasteiger partial charge in [-0.25, -0.2) is 14.6 Å². The predicted molar refractivity (Wildman–Crippen MR) is 137 cm³/mol. The van der Waals surface area contributed by atoms with Crippen LogP contribution in [-0.2, 0) is 0 Å². The minimum Gasteiger partial charge on any atom is -0.444 e.